The van der Waals surface area contributed by atoms with Crippen molar-refractivity contribution in [2.45, 2.75) is 26.2 Å². The highest BCUT2D eigenvalue weighted by molar-refractivity contribution is 5.99. The van der Waals surface area contributed by atoms with Crippen molar-refractivity contribution < 1.29 is 4.79 Å². The van der Waals surface area contributed by atoms with E-state index >= 15 is 0 Å². The zero-order chi connectivity index (χ0) is 13.0. The molecule has 98 valence electrons. The van der Waals surface area contributed by atoms with E-state index in [4.69, 9.17) is 5.84 Å². The van der Waals surface area contributed by atoms with Gasteiger partial charge in [0.25, 0.3) is 5.91 Å². The Morgan fingerprint density at radius 2 is 2.39 bits per heavy atom. The lowest BCUT2D eigenvalue weighted by molar-refractivity contribution is 0.0748. The average Bonchev–Trinajstić information content (AvgIpc) is 3.21. The maximum absolute atomic E-state index is 12.5. The van der Waals surface area contributed by atoms with Gasteiger partial charge in [0.15, 0.2) is 0 Å². The quantitative estimate of drug-likeness (QED) is 0.593. The van der Waals surface area contributed by atoms with Gasteiger partial charge in [-0.25, -0.2) is 0 Å². The van der Waals surface area contributed by atoms with Gasteiger partial charge in [0.05, 0.1) is 17.4 Å². The minimum Gasteiger partial charge on any atom is -0.338 e. The first kappa shape index (κ1) is 12.8. The molecule has 0 atom stereocenters. The van der Waals surface area contributed by atoms with Crippen molar-refractivity contribution in [1.82, 2.24) is 9.88 Å². The number of hydrogen-bond donors (Lipinski definition) is 2. The average molecular weight is 248 g/mol. The highest BCUT2D eigenvalue weighted by Crippen LogP contribution is 2.30. The van der Waals surface area contributed by atoms with Crippen LogP contribution < -0.4 is 11.3 Å². The number of pyridine rings is 1. The summed E-state index contributed by atoms with van der Waals surface area (Å²) in [5, 5.41) is 0. The standard InChI is InChI=1S/C13H20N4O/c1-2-7-17(9-10-3-4-10)13(18)11-5-6-15-8-12(11)16-14/h5-6,8,10,16H,2-4,7,9,14H2,1H3. The molecule has 0 radical (unpaired) electrons. The lowest BCUT2D eigenvalue weighted by atomic mass is 10.2. The van der Waals surface area contributed by atoms with Crippen molar-refractivity contribution in [2.24, 2.45) is 11.8 Å². The van der Waals surface area contributed by atoms with Gasteiger partial charge >= 0.3 is 0 Å². The van der Waals surface area contributed by atoms with Crippen LogP contribution in [0.15, 0.2) is 18.5 Å². The topological polar surface area (TPSA) is 71.2 Å². The fourth-order valence-corrected chi connectivity index (χ4v) is 2.02. The first-order valence-electron chi connectivity index (χ1n) is 6.46. The maximum Gasteiger partial charge on any atom is 0.256 e. The Balaban J connectivity index is 2.15. The SMILES string of the molecule is CCCN(CC1CC1)C(=O)c1ccncc1NN. The lowest BCUT2D eigenvalue weighted by Crippen LogP contribution is -2.34. The molecule has 1 aromatic rings. The Kier molecular flexibility index (Phi) is 4.15. The monoisotopic (exact) mass is 248 g/mol. The third-order valence-electron chi connectivity index (χ3n) is 3.16. The summed E-state index contributed by atoms with van der Waals surface area (Å²) < 4.78 is 0. The number of carbonyl (C=O) groups excluding carboxylic acids is 1. The molecule has 1 heterocycles. The number of hydrazine groups is 1. The summed E-state index contributed by atoms with van der Waals surface area (Å²) >= 11 is 0. The van der Waals surface area contributed by atoms with Gasteiger partial charge in [-0.3, -0.25) is 15.6 Å². The number of nitrogens with one attached hydrogen (secondary N) is 1. The number of amides is 1. The van der Waals surface area contributed by atoms with Crippen molar-refractivity contribution in [3.8, 4) is 0 Å². The molecule has 5 nitrogen and oxygen atoms in total. The number of nitrogens with zero attached hydrogens (tertiary/aromatic N) is 2. The van der Waals surface area contributed by atoms with Crippen LogP contribution in [0.5, 0.6) is 0 Å². The molecule has 0 unspecified atom stereocenters. The van der Waals surface area contributed by atoms with Crippen LogP contribution in [0.4, 0.5) is 5.69 Å². The first-order chi connectivity index (χ1) is 8.76. The number of hydrogen-bond acceptors (Lipinski definition) is 4. The minimum absolute atomic E-state index is 0.0408. The number of anilines is 1. The molecule has 1 amide bonds. The van der Waals surface area contributed by atoms with Crippen molar-refractivity contribution in [3.63, 3.8) is 0 Å². The molecular formula is C13H20N4O. The second-order valence-corrected chi connectivity index (χ2v) is 4.76. The summed E-state index contributed by atoms with van der Waals surface area (Å²) in [6.07, 6.45) is 6.65. The molecule has 1 aromatic heterocycles. The predicted octanol–water partition coefficient (Wildman–Crippen LogP) is 1.63. The van der Waals surface area contributed by atoms with Crippen LogP contribution >= 0.6 is 0 Å². The molecule has 1 fully saturated rings. The van der Waals surface area contributed by atoms with Crippen molar-refractivity contribution >= 4 is 11.6 Å². The van der Waals surface area contributed by atoms with Gasteiger partial charge < -0.3 is 10.3 Å². The fraction of sp³-hybridized carbons (Fsp3) is 0.538. The van der Waals surface area contributed by atoms with E-state index in [1.54, 1.807) is 18.5 Å². The van der Waals surface area contributed by atoms with E-state index in [1.165, 1.54) is 12.8 Å². The Bertz CT molecular complexity index is 417. The van der Waals surface area contributed by atoms with Gasteiger partial charge in [0.1, 0.15) is 0 Å². The molecule has 5 heteroatoms. The molecule has 1 aliphatic carbocycles. The zero-order valence-electron chi connectivity index (χ0n) is 10.7. The first-order valence-corrected chi connectivity index (χ1v) is 6.46. The highest BCUT2D eigenvalue weighted by Gasteiger charge is 2.27. The summed E-state index contributed by atoms with van der Waals surface area (Å²) in [5.74, 6) is 6.15. The second-order valence-electron chi connectivity index (χ2n) is 4.76. The molecule has 18 heavy (non-hydrogen) atoms. The summed E-state index contributed by atoms with van der Waals surface area (Å²) in [7, 11) is 0. The second kappa shape index (κ2) is 5.82. The van der Waals surface area contributed by atoms with Crippen molar-refractivity contribution in [3.05, 3.63) is 24.0 Å². The van der Waals surface area contributed by atoms with Crippen LogP contribution in [0.2, 0.25) is 0 Å². The number of nitrogen functional groups attached to an aromatic ring is 1. The van der Waals surface area contributed by atoms with Crippen molar-refractivity contribution in [1.29, 1.82) is 0 Å². The Morgan fingerprint density at radius 3 is 3.00 bits per heavy atom. The van der Waals surface area contributed by atoms with E-state index in [9.17, 15) is 4.79 Å². The molecular weight excluding hydrogens is 228 g/mol. The molecule has 0 spiro atoms. The van der Waals surface area contributed by atoms with Gasteiger partial charge in [-0.05, 0) is 31.2 Å². The van der Waals surface area contributed by atoms with Gasteiger partial charge in [0, 0.05) is 19.3 Å². The zero-order valence-corrected chi connectivity index (χ0v) is 10.7. The fourth-order valence-electron chi connectivity index (χ4n) is 2.02. The van der Waals surface area contributed by atoms with Crippen LogP contribution in [0.3, 0.4) is 0 Å². The smallest absolute Gasteiger partial charge is 0.256 e. The van der Waals surface area contributed by atoms with Gasteiger partial charge in [-0.2, -0.15) is 0 Å². The molecule has 0 bridgehead atoms. The Hall–Kier alpha value is -1.62. The number of rotatable bonds is 6. The number of nitrogens with two attached hydrogens (primary N) is 1. The molecule has 3 N–H and O–H groups in total. The van der Waals surface area contributed by atoms with E-state index in [0.717, 1.165) is 19.5 Å². The van der Waals surface area contributed by atoms with Crippen LogP contribution in [-0.2, 0) is 0 Å². The maximum atomic E-state index is 12.5. The highest BCUT2D eigenvalue weighted by atomic mass is 16.2. The van der Waals surface area contributed by atoms with Gasteiger partial charge in [-0.1, -0.05) is 6.92 Å². The van der Waals surface area contributed by atoms with Crippen LogP contribution in [0, 0.1) is 5.92 Å². The normalized spacial score (nSPS) is 14.3. The predicted molar refractivity (Wildman–Crippen MR) is 71.0 cm³/mol. The van der Waals surface area contributed by atoms with E-state index in [2.05, 4.69) is 17.3 Å². The van der Waals surface area contributed by atoms with E-state index in [0.29, 0.717) is 17.2 Å². The number of carbonyl (C=O) groups is 1. The van der Waals surface area contributed by atoms with Crippen LogP contribution in [0.25, 0.3) is 0 Å². The van der Waals surface area contributed by atoms with Crippen LogP contribution in [0.1, 0.15) is 36.5 Å². The Labute approximate surface area is 107 Å². The summed E-state index contributed by atoms with van der Waals surface area (Å²) in [6.45, 7) is 3.74. The van der Waals surface area contributed by atoms with Gasteiger partial charge in [0.2, 0.25) is 0 Å². The molecule has 2 rings (SSSR count). The summed E-state index contributed by atoms with van der Waals surface area (Å²) in [5.41, 5.74) is 3.71. The van der Waals surface area contributed by atoms with E-state index < -0.39 is 0 Å². The van der Waals surface area contributed by atoms with Crippen molar-refractivity contribution in [2.75, 3.05) is 18.5 Å². The van der Waals surface area contributed by atoms with E-state index in [1.807, 2.05) is 4.90 Å². The molecule has 1 saturated carbocycles. The third-order valence-corrected chi connectivity index (χ3v) is 3.16. The molecule has 1 aliphatic rings. The summed E-state index contributed by atoms with van der Waals surface area (Å²) in [6, 6.07) is 1.72. The third kappa shape index (κ3) is 2.98. The largest absolute Gasteiger partial charge is 0.338 e. The Morgan fingerprint density at radius 1 is 1.61 bits per heavy atom. The molecule has 0 aromatic carbocycles. The summed E-state index contributed by atoms with van der Waals surface area (Å²) in [4.78, 5) is 18.4. The van der Waals surface area contributed by atoms with E-state index in [-0.39, 0.29) is 5.91 Å². The molecule has 0 aliphatic heterocycles. The number of aromatic nitrogens is 1. The van der Waals surface area contributed by atoms with Crippen LogP contribution in [-0.4, -0.2) is 28.9 Å². The minimum atomic E-state index is 0.0408. The molecule has 0 saturated heterocycles. The van der Waals surface area contributed by atoms with Gasteiger partial charge in [-0.15, -0.1) is 0 Å². The lowest BCUT2D eigenvalue weighted by Gasteiger charge is -2.23.